The quantitative estimate of drug-likeness (QED) is 0.730. The molecule has 3 unspecified atom stereocenters. The summed E-state index contributed by atoms with van der Waals surface area (Å²) < 4.78 is 0. The van der Waals surface area contributed by atoms with Gasteiger partial charge in [-0.05, 0) is 31.0 Å². The number of urea groups is 1. The molecular weight excluding hydrogens is 368 g/mol. The Hall–Kier alpha value is -2.59. The number of rotatable bonds is 2. The van der Waals surface area contributed by atoms with Gasteiger partial charge < -0.3 is 9.80 Å². The molecule has 0 spiro atoms. The molecule has 0 radical (unpaired) electrons. The van der Waals surface area contributed by atoms with E-state index in [1.165, 1.54) is 6.07 Å². The van der Waals surface area contributed by atoms with Crippen LogP contribution in [0.3, 0.4) is 0 Å². The van der Waals surface area contributed by atoms with Crippen LogP contribution in [0.5, 0.6) is 0 Å². The second-order valence-electron chi connectivity index (χ2n) is 7.59. The highest BCUT2D eigenvalue weighted by Crippen LogP contribution is 2.44. The predicted octanol–water partition coefficient (Wildman–Crippen LogP) is 2.30. The van der Waals surface area contributed by atoms with Gasteiger partial charge in [-0.1, -0.05) is 25.4 Å². The Labute approximate surface area is 162 Å². The third kappa shape index (κ3) is 2.29. The lowest BCUT2D eigenvalue weighted by atomic mass is 10.1. The number of carbonyl (C=O) groups is 3. The minimum atomic E-state index is -0.646. The molecule has 0 aromatic heterocycles. The van der Waals surface area contributed by atoms with Gasteiger partial charge in [0, 0.05) is 12.5 Å². The Morgan fingerprint density at radius 3 is 2.67 bits per heavy atom. The van der Waals surface area contributed by atoms with Crippen LogP contribution < -0.4 is 4.90 Å². The van der Waals surface area contributed by atoms with Gasteiger partial charge in [-0.15, -0.1) is 0 Å². The summed E-state index contributed by atoms with van der Waals surface area (Å²) in [4.78, 5) is 43.2. The molecule has 140 valence electrons. The molecule has 3 aliphatic rings. The average molecular weight is 387 g/mol. The molecule has 0 saturated carbocycles. The maximum absolute atomic E-state index is 13.2. The maximum atomic E-state index is 13.2. The van der Waals surface area contributed by atoms with Crippen molar-refractivity contribution in [1.82, 2.24) is 9.80 Å². The highest BCUT2D eigenvalue weighted by molar-refractivity contribution is 6.33. The lowest BCUT2D eigenvalue weighted by Crippen LogP contribution is -2.55. The molecule has 27 heavy (non-hydrogen) atoms. The van der Waals surface area contributed by atoms with E-state index in [2.05, 4.69) is 0 Å². The van der Waals surface area contributed by atoms with Crippen LogP contribution in [0, 0.1) is 24.2 Å². The van der Waals surface area contributed by atoms with Crippen LogP contribution in [0.15, 0.2) is 12.1 Å². The van der Waals surface area contributed by atoms with Crippen molar-refractivity contribution < 1.29 is 14.4 Å². The molecule has 3 heterocycles. The van der Waals surface area contributed by atoms with Crippen LogP contribution in [0.4, 0.5) is 10.5 Å². The number of fused-ring (bicyclic) bond motifs is 5. The summed E-state index contributed by atoms with van der Waals surface area (Å²) in [5, 5.41) is 9.35. The van der Waals surface area contributed by atoms with Gasteiger partial charge in [-0.2, -0.15) is 5.26 Å². The predicted molar refractivity (Wildman–Crippen MR) is 98.2 cm³/mol. The van der Waals surface area contributed by atoms with Crippen molar-refractivity contribution in [2.75, 3.05) is 11.4 Å². The molecule has 3 atom stereocenters. The second kappa shape index (κ2) is 5.96. The van der Waals surface area contributed by atoms with E-state index >= 15 is 0 Å². The largest absolute Gasteiger partial charge is 0.335 e. The lowest BCUT2D eigenvalue weighted by Gasteiger charge is -2.35. The summed E-state index contributed by atoms with van der Waals surface area (Å²) in [6.45, 7) is 5.83. The zero-order valence-corrected chi connectivity index (χ0v) is 16.0. The maximum Gasteiger partial charge on any atom is 0.332 e. The third-order valence-corrected chi connectivity index (χ3v) is 6.25. The SMILES string of the molecule is Cc1c(N2C(=O)C3C4CC(CN4C(=O)C(C)C)N3C2=O)ccc(C#N)c1Cl. The van der Waals surface area contributed by atoms with E-state index in [0.717, 1.165) is 4.90 Å². The first kappa shape index (κ1) is 17.8. The molecule has 4 rings (SSSR count). The number of carbonyl (C=O) groups excluding carboxylic acids is 3. The first-order valence-corrected chi connectivity index (χ1v) is 9.31. The van der Waals surface area contributed by atoms with Crippen molar-refractivity contribution in [2.45, 2.75) is 45.3 Å². The summed E-state index contributed by atoms with van der Waals surface area (Å²) in [6.07, 6.45) is 0.640. The number of amides is 4. The molecule has 3 aliphatic heterocycles. The van der Waals surface area contributed by atoms with Gasteiger partial charge in [0.15, 0.2) is 0 Å². The molecule has 1 aromatic carbocycles. The van der Waals surface area contributed by atoms with Gasteiger partial charge in [0.2, 0.25) is 5.91 Å². The Morgan fingerprint density at radius 2 is 2.04 bits per heavy atom. The van der Waals surface area contributed by atoms with Crippen LogP contribution in [0.2, 0.25) is 5.02 Å². The summed E-state index contributed by atoms with van der Waals surface area (Å²) in [6, 6.07) is 3.65. The van der Waals surface area contributed by atoms with Gasteiger partial charge in [-0.3, -0.25) is 9.59 Å². The Morgan fingerprint density at radius 1 is 1.33 bits per heavy atom. The minimum Gasteiger partial charge on any atom is -0.335 e. The fourth-order valence-corrected chi connectivity index (χ4v) is 4.67. The van der Waals surface area contributed by atoms with Gasteiger partial charge in [0.1, 0.15) is 12.1 Å². The molecular formula is C19H19ClN4O3. The Bertz CT molecular complexity index is 922. The number of likely N-dealkylation sites (tertiary alicyclic amines) is 1. The van der Waals surface area contributed by atoms with E-state index < -0.39 is 6.04 Å². The fraction of sp³-hybridized carbons (Fsp3) is 0.474. The Balaban J connectivity index is 1.70. The number of nitriles is 1. The van der Waals surface area contributed by atoms with E-state index in [4.69, 9.17) is 16.9 Å². The van der Waals surface area contributed by atoms with Crippen LogP contribution in [-0.2, 0) is 9.59 Å². The molecule has 3 saturated heterocycles. The van der Waals surface area contributed by atoms with Gasteiger partial charge in [-0.25, -0.2) is 9.69 Å². The molecule has 4 amide bonds. The van der Waals surface area contributed by atoms with Crippen molar-refractivity contribution in [3.63, 3.8) is 0 Å². The van der Waals surface area contributed by atoms with Crippen molar-refractivity contribution >= 4 is 35.1 Å². The fourth-order valence-electron chi connectivity index (χ4n) is 4.47. The first-order valence-electron chi connectivity index (χ1n) is 8.93. The number of benzene rings is 1. The van der Waals surface area contributed by atoms with Crippen molar-refractivity contribution in [3.05, 3.63) is 28.3 Å². The number of piperazine rings is 1. The number of hydrogen-bond donors (Lipinski definition) is 0. The van der Waals surface area contributed by atoms with E-state index in [-0.39, 0.29) is 40.9 Å². The van der Waals surface area contributed by atoms with E-state index in [1.807, 2.05) is 19.9 Å². The molecule has 3 fully saturated rings. The average Bonchev–Trinajstić information content (AvgIpc) is 3.29. The highest BCUT2D eigenvalue weighted by Gasteiger charge is 2.63. The second-order valence-corrected chi connectivity index (χ2v) is 7.97. The van der Waals surface area contributed by atoms with Gasteiger partial charge >= 0.3 is 6.03 Å². The molecule has 8 heteroatoms. The number of imide groups is 1. The van der Waals surface area contributed by atoms with Crippen molar-refractivity contribution in [1.29, 1.82) is 5.26 Å². The van der Waals surface area contributed by atoms with Crippen molar-refractivity contribution in [3.8, 4) is 6.07 Å². The molecule has 0 aliphatic carbocycles. The van der Waals surface area contributed by atoms with E-state index in [1.54, 1.807) is 22.8 Å². The smallest absolute Gasteiger partial charge is 0.332 e. The summed E-state index contributed by atoms with van der Waals surface area (Å²) in [5.74, 6) is -0.475. The van der Waals surface area contributed by atoms with E-state index in [9.17, 15) is 14.4 Å². The number of halogens is 1. The van der Waals surface area contributed by atoms with Crippen LogP contribution in [0.1, 0.15) is 31.4 Å². The number of hydrogen-bond acceptors (Lipinski definition) is 4. The molecule has 1 aromatic rings. The topological polar surface area (TPSA) is 84.7 Å². The molecule has 7 nitrogen and oxygen atoms in total. The zero-order valence-electron chi connectivity index (χ0n) is 15.3. The third-order valence-electron chi connectivity index (χ3n) is 5.76. The van der Waals surface area contributed by atoms with Crippen molar-refractivity contribution in [2.24, 2.45) is 5.92 Å². The summed E-state index contributed by atoms with van der Waals surface area (Å²) >= 11 is 6.22. The molecule has 2 bridgehead atoms. The first-order chi connectivity index (χ1) is 12.8. The van der Waals surface area contributed by atoms with Crippen LogP contribution >= 0.6 is 11.6 Å². The van der Waals surface area contributed by atoms with Gasteiger partial charge in [0.25, 0.3) is 5.91 Å². The number of nitrogens with zero attached hydrogens (tertiary/aromatic N) is 4. The Kier molecular flexibility index (Phi) is 3.93. The standard InChI is InChI=1S/C19H19ClN4O3/c1-9(2)17(25)22-8-12-6-14(22)16-18(26)24(19(27)23(12)16)13-5-4-11(7-21)15(20)10(13)3/h4-5,9,12,14,16H,6,8H2,1-3H3. The summed E-state index contributed by atoms with van der Waals surface area (Å²) in [5.41, 5.74) is 1.21. The number of anilines is 1. The normalized spacial score (nSPS) is 26.2. The highest BCUT2D eigenvalue weighted by atomic mass is 35.5. The molecule has 0 N–H and O–H groups in total. The van der Waals surface area contributed by atoms with E-state index in [0.29, 0.717) is 29.8 Å². The zero-order chi connectivity index (χ0) is 19.6. The lowest BCUT2D eigenvalue weighted by molar-refractivity contribution is -0.138. The van der Waals surface area contributed by atoms with Crippen LogP contribution in [-0.4, -0.2) is 52.3 Å². The van der Waals surface area contributed by atoms with Crippen LogP contribution in [0.25, 0.3) is 0 Å². The summed E-state index contributed by atoms with van der Waals surface area (Å²) in [7, 11) is 0. The monoisotopic (exact) mass is 386 g/mol. The van der Waals surface area contributed by atoms with Gasteiger partial charge in [0.05, 0.1) is 28.4 Å². The minimum absolute atomic E-state index is 0.0125.